The first-order chi connectivity index (χ1) is 9.22. The lowest BCUT2D eigenvalue weighted by atomic mass is 10.1. The quantitative estimate of drug-likeness (QED) is 0.910. The van der Waals surface area contributed by atoms with Gasteiger partial charge in [0.25, 0.3) is 0 Å². The normalized spacial score (nSPS) is 22.2. The fourth-order valence-corrected chi connectivity index (χ4v) is 3.04. The van der Waals surface area contributed by atoms with E-state index in [4.69, 9.17) is 26.8 Å². The highest BCUT2D eigenvalue weighted by Gasteiger charge is 2.20. The van der Waals surface area contributed by atoms with Crippen LogP contribution in [0.15, 0.2) is 12.1 Å². The molecular formula is C14H20Cl2N2O2. The molecule has 2 aliphatic heterocycles. The minimum atomic E-state index is 0. The van der Waals surface area contributed by atoms with Crippen LogP contribution < -0.4 is 15.2 Å². The maximum absolute atomic E-state index is 6.25. The van der Waals surface area contributed by atoms with Crippen molar-refractivity contribution in [3.63, 3.8) is 0 Å². The third-order valence-electron chi connectivity index (χ3n) is 3.60. The second-order valence-electron chi connectivity index (χ2n) is 5.24. The highest BCUT2D eigenvalue weighted by atomic mass is 35.5. The zero-order valence-electron chi connectivity index (χ0n) is 11.3. The number of piperidine rings is 1. The first kappa shape index (κ1) is 15.7. The third kappa shape index (κ3) is 3.50. The van der Waals surface area contributed by atoms with Crippen molar-refractivity contribution in [2.45, 2.75) is 25.4 Å². The average molecular weight is 319 g/mol. The molecule has 3 rings (SSSR count). The number of halogens is 2. The molecule has 0 aromatic heterocycles. The Morgan fingerprint density at radius 2 is 2.10 bits per heavy atom. The Hall–Kier alpha value is -0.680. The third-order valence-corrected chi connectivity index (χ3v) is 3.89. The van der Waals surface area contributed by atoms with Crippen LogP contribution in [-0.4, -0.2) is 37.2 Å². The van der Waals surface area contributed by atoms with Gasteiger partial charge in [0.15, 0.2) is 11.5 Å². The smallest absolute Gasteiger partial charge is 0.179 e. The van der Waals surface area contributed by atoms with Gasteiger partial charge in [0.1, 0.15) is 13.2 Å². The van der Waals surface area contributed by atoms with Gasteiger partial charge in [-0.15, -0.1) is 12.4 Å². The molecule has 0 amide bonds. The minimum absolute atomic E-state index is 0. The van der Waals surface area contributed by atoms with Crippen LogP contribution in [0.4, 0.5) is 0 Å². The minimum Gasteiger partial charge on any atom is -0.486 e. The molecule has 1 fully saturated rings. The van der Waals surface area contributed by atoms with Gasteiger partial charge in [-0.3, -0.25) is 4.90 Å². The molecule has 1 aromatic rings. The summed E-state index contributed by atoms with van der Waals surface area (Å²) >= 11 is 6.25. The van der Waals surface area contributed by atoms with Crippen molar-refractivity contribution in [1.29, 1.82) is 0 Å². The van der Waals surface area contributed by atoms with Crippen molar-refractivity contribution < 1.29 is 9.47 Å². The van der Waals surface area contributed by atoms with Gasteiger partial charge in [-0.25, -0.2) is 0 Å². The summed E-state index contributed by atoms with van der Waals surface area (Å²) in [5.41, 5.74) is 7.16. The maximum atomic E-state index is 6.25. The average Bonchev–Trinajstić information content (AvgIpc) is 2.39. The largest absolute Gasteiger partial charge is 0.486 e. The SMILES string of the molecule is Cl.N[C@@H]1CCCN(Cc2cc(Cl)c3c(c2)OCCO3)C1. The molecule has 0 unspecified atom stereocenters. The van der Waals surface area contributed by atoms with Gasteiger partial charge in [0.05, 0.1) is 5.02 Å². The second kappa shape index (κ2) is 6.85. The molecule has 2 heterocycles. The summed E-state index contributed by atoms with van der Waals surface area (Å²) in [5, 5.41) is 0.633. The molecule has 4 nitrogen and oxygen atoms in total. The Kier molecular flexibility index (Phi) is 5.38. The molecule has 20 heavy (non-hydrogen) atoms. The van der Waals surface area contributed by atoms with Crippen molar-refractivity contribution in [1.82, 2.24) is 4.90 Å². The Morgan fingerprint density at radius 3 is 2.90 bits per heavy atom. The van der Waals surface area contributed by atoms with E-state index in [0.29, 0.717) is 30.0 Å². The van der Waals surface area contributed by atoms with Crippen LogP contribution >= 0.6 is 24.0 Å². The van der Waals surface area contributed by atoms with Crippen LogP contribution in [0.3, 0.4) is 0 Å². The predicted molar refractivity (Wildman–Crippen MR) is 82.2 cm³/mol. The van der Waals surface area contributed by atoms with Crippen LogP contribution in [0.25, 0.3) is 0 Å². The zero-order valence-corrected chi connectivity index (χ0v) is 12.9. The monoisotopic (exact) mass is 318 g/mol. The number of ether oxygens (including phenoxy) is 2. The van der Waals surface area contributed by atoms with Crippen LogP contribution in [0, 0.1) is 0 Å². The van der Waals surface area contributed by atoms with E-state index >= 15 is 0 Å². The van der Waals surface area contributed by atoms with Crippen LogP contribution in [0.5, 0.6) is 11.5 Å². The summed E-state index contributed by atoms with van der Waals surface area (Å²) in [5.74, 6) is 1.43. The molecule has 0 spiro atoms. The van der Waals surface area contributed by atoms with Crippen molar-refractivity contribution in [2.75, 3.05) is 26.3 Å². The lowest BCUT2D eigenvalue weighted by Crippen LogP contribution is -2.42. The van der Waals surface area contributed by atoms with E-state index in [0.717, 1.165) is 37.4 Å². The molecule has 6 heteroatoms. The number of likely N-dealkylation sites (tertiary alicyclic amines) is 1. The molecule has 1 atom stereocenters. The number of nitrogens with zero attached hydrogens (tertiary/aromatic N) is 1. The molecule has 0 bridgehead atoms. The number of benzene rings is 1. The van der Waals surface area contributed by atoms with E-state index in [9.17, 15) is 0 Å². The van der Waals surface area contributed by atoms with Crippen LogP contribution in [0.1, 0.15) is 18.4 Å². The Labute approximate surface area is 130 Å². The van der Waals surface area contributed by atoms with E-state index in [-0.39, 0.29) is 12.4 Å². The van der Waals surface area contributed by atoms with Crippen LogP contribution in [0.2, 0.25) is 5.02 Å². The Morgan fingerprint density at radius 1 is 1.30 bits per heavy atom. The van der Waals surface area contributed by atoms with Gasteiger partial charge >= 0.3 is 0 Å². The lowest BCUT2D eigenvalue weighted by molar-refractivity contribution is 0.170. The van der Waals surface area contributed by atoms with E-state index in [1.165, 1.54) is 6.42 Å². The summed E-state index contributed by atoms with van der Waals surface area (Å²) in [6.45, 7) is 4.06. The van der Waals surface area contributed by atoms with Gasteiger partial charge in [-0.2, -0.15) is 0 Å². The van der Waals surface area contributed by atoms with Gasteiger partial charge in [-0.1, -0.05) is 11.6 Å². The number of fused-ring (bicyclic) bond motifs is 1. The number of nitrogens with two attached hydrogens (primary N) is 1. The molecule has 0 saturated carbocycles. The highest BCUT2D eigenvalue weighted by molar-refractivity contribution is 6.32. The lowest BCUT2D eigenvalue weighted by Gasteiger charge is -2.31. The standard InChI is InChI=1S/C14H19ClN2O2.ClH/c15-12-6-10(7-13-14(12)19-5-4-18-13)8-17-3-1-2-11(16)9-17;/h6-7,11H,1-5,8-9,16H2;1H/t11-;/m1./s1. The van der Waals surface area contributed by atoms with Crippen molar-refractivity contribution in [2.24, 2.45) is 5.73 Å². The fraction of sp³-hybridized carbons (Fsp3) is 0.571. The Balaban J connectivity index is 0.00000147. The molecule has 0 radical (unpaired) electrons. The van der Waals surface area contributed by atoms with Crippen molar-refractivity contribution in [3.05, 3.63) is 22.7 Å². The molecular weight excluding hydrogens is 299 g/mol. The summed E-state index contributed by atoms with van der Waals surface area (Å²) in [6.07, 6.45) is 2.29. The zero-order chi connectivity index (χ0) is 13.2. The van der Waals surface area contributed by atoms with E-state index in [1.54, 1.807) is 0 Å². The van der Waals surface area contributed by atoms with Gasteiger partial charge in [0.2, 0.25) is 0 Å². The number of hydrogen-bond donors (Lipinski definition) is 1. The summed E-state index contributed by atoms with van der Waals surface area (Å²) in [6, 6.07) is 4.29. The van der Waals surface area contributed by atoms with Crippen molar-refractivity contribution >= 4 is 24.0 Å². The molecule has 2 N–H and O–H groups in total. The first-order valence-corrected chi connectivity index (χ1v) is 7.16. The van der Waals surface area contributed by atoms with E-state index in [2.05, 4.69) is 4.90 Å². The number of rotatable bonds is 2. The molecule has 1 saturated heterocycles. The molecule has 112 valence electrons. The van der Waals surface area contributed by atoms with Gasteiger partial charge < -0.3 is 15.2 Å². The van der Waals surface area contributed by atoms with E-state index < -0.39 is 0 Å². The van der Waals surface area contributed by atoms with Crippen molar-refractivity contribution in [3.8, 4) is 11.5 Å². The summed E-state index contributed by atoms with van der Waals surface area (Å²) in [4.78, 5) is 2.37. The molecule has 2 aliphatic rings. The van der Waals surface area contributed by atoms with Gasteiger partial charge in [-0.05, 0) is 37.1 Å². The topological polar surface area (TPSA) is 47.7 Å². The van der Waals surface area contributed by atoms with Gasteiger partial charge in [0, 0.05) is 19.1 Å². The second-order valence-corrected chi connectivity index (χ2v) is 5.65. The number of hydrogen-bond acceptors (Lipinski definition) is 4. The van der Waals surface area contributed by atoms with Crippen LogP contribution in [-0.2, 0) is 6.54 Å². The molecule has 1 aromatic carbocycles. The fourth-order valence-electron chi connectivity index (χ4n) is 2.75. The summed E-state index contributed by atoms with van der Waals surface area (Å²) < 4.78 is 11.1. The maximum Gasteiger partial charge on any atom is 0.179 e. The highest BCUT2D eigenvalue weighted by Crippen LogP contribution is 2.38. The summed E-state index contributed by atoms with van der Waals surface area (Å²) in [7, 11) is 0. The molecule has 0 aliphatic carbocycles. The first-order valence-electron chi connectivity index (χ1n) is 6.78. The Bertz CT molecular complexity index is 471. The van der Waals surface area contributed by atoms with E-state index in [1.807, 2.05) is 12.1 Å². The predicted octanol–water partition coefficient (Wildman–Crippen LogP) is 2.46.